The molecule has 6 heteroatoms. The molecule has 0 unspecified atom stereocenters. The Hall–Kier alpha value is -1.90. The SMILES string of the molecule is COC1=C(OC)[C@@]2(/C=C/[Si](C)(C)c3ccccc3)N(C)CC[C@]23[C@@H]2C=C[C@@H]([C@H]2[Si](C)(C)C)[C@@H]3C1=O. The van der Waals surface area contributed by atoms with E-state index in [1.54, 1.807) is 14.2 Å². The van der Waals surface area contributed by atoms with Crippen molar-refractivity contribution in [3.05, 3.63) is 65.8 Å². The van der Waals surface area contributed by atoms with Gasteiger partial charge in [-0.05, 0) is 37.4 Å². The van der Waals surface area contributed by atoms with E-state index in [1.807, 2.05) is 0 Å². The topological polar surface area (TPSA) is 38.8 Å². The molecule has 1 aliphatic heterocycles. The van der Waals surface area contributed by atoms with Gasteiger partial charge in [-0.1, -0.05) is 92.2 Å². The van der Waals surface area contributed by atoms with Crippen molar-refractivity contribution >= 4 is 27.1 Å². The zero-order valence-corrected chi connectivity index (χ0v) is 24.6. The van der Waals surface area contributed by atoms with Crippen LogP contribution in [-0.4, -0.2) is 60.2 Å². The van der Waals surface area contributed by atoms with E-state index in [1.165, 1.54) is 5.19 Å². The monoisotopic (exact) mass is 507 g/mol. The lowest BCUT2D eigenvalue weighted by molar-refractivity contribution is -0.134. The van der Waals surface area contributed by atoms with Gasteiger partial charge in [-0.15, -0.1) is 0 Å². The Morgan fingerprint density at radius 3 is 2.31 bits per heavy atom. The minimum atomic E-state index is -1.89. The minimum absolute atomic E-state index is 0.0563. The summed E-state index contributed by atoms with van der Waals surface area (Å²) in [7, 11) is 2.12. The molecule has 2 bridgehead atoms. The van der Waals surface area contributed by atoms with Crippen molar-refractivity contribution in [2.45, 2.75) is 50.2 Å². The van der Waals surface area contributed by atoms with Crippen LogP contribution >= 0.6 is 0 Å². The van der Waals surface area contributed by atoms with Gasteiger partial charge < -0.3 is 9.47 Å². The molecule has 3 aliphatic carbocycles. The normalized spacial score (nSPS) is 36.7. The number of carbonyl (C=O) groups excluding carboxylic acids is 1. The van der Waals surface area contributed by atoms with Crippen molar-refractivity contribution in [3.8, 4) is 0 Å². The Morgan fingerprint density at radius 1 is 1.03 bits per heavy atom. The second-order valence-electron chi connectivity index (χ2n) is 12.7. The molecule has 4 aliphatic rings. The largest absolute Gasteiger partial charge is 0.495 e. The molecule has 1 saturated heterocycles. The summed E-state index contributed by atoms with van der Waals surface area (Å²) in [6.45, 7) is 13.2. The number of allylic oxidation sites excluding steroid dienone is 3. The fourth-order valence-corrected chi connectivity index (χ4v) is 13.3. The van der Waals surface area contributed by atoms with Gasteiger partial charge in [0.1, 0.15) is 13.6 Å². The molecule has 1 spiro atoms. The Kier molecular flexibility index (Phi) is 5.70. The first-order valence-corrected chi connectivity index (χ1v) is 19.7. The quantitative estimate of drug-likeness (QED) is 0.402. The number of likely N-dealkylation sites (tertiary alicyclic amines) is 1. The number of rotatable bonds is 6. The Bertz CT molecular complexity index is 1120. The van der Waals surface area contributed by atoms with Crippen LogP contribution in [0.25, 0.3) is 0 Å². The van der Waals surface area contributed by atoms with Gasteiger partial charge in [-0.2, -0.15) is 0 Å². The molecule has 1 saturated carbocycles. The first-order valence-electron chi connectivity index (χ1n) is 13.0. The van der Waals surface area contributed by atoms with Gasteiger partial charge in [0.25, 0.3) is 0 Å². The number of hydrogen-bond donors (Lipinski definition) is 0. The summed E-state index contributed by atoms with van der Waals surface area (Å²) >= 11 is 0. The number of carbonyl (C=O) groups is 1. The predicted molar refractivity (Wildman–Crippen MR) is 148 cm³/mol. The zero-order chi connectivity index (χ0) is 25.4. The van der Waals surface area contributed by atoms with E-state index < -0.39 is 21.7 Å². The summed E-state index contributed by atoms with van der Waals surface area (Å²) < 4.78 is 12.1. The number of Topliss-reactive ketones (excluding diaryl/α,β-unsaturated/α-hetero) is 1. The van der Waals surface area contributed by atoms with Crippen molar-refractivity contribution in [2.24, 2.45) is 23.2 Å². The highest BCUT2D eigenvalue weighted by Crippen LogP contribution is 2.75. The minimum Gasteiger partial charge on any atom is -0.495 e. The average molecular weight is 508 g/mol. The van der Waals surface area contributed by atoms with Crippen LogP contribution in [0, 0.1) is 23.2 Å². The van der Waals surface area contributed by atoms with Crippen LogP contribution in [0.5, 0.6) is 0 Å². The van der Waals surface area contributed by atoms with Crippen molar-refractivity contribution < 1.29 is 14.3 Å². The van der Waals surface area contributed by atoms with E-state index in [4.69, 9.17) is 9.47 Å². The van der Waals surface area contributed by atoms with E-state index in [-0.39, 0.29) is 17.1 Å². The lowest BCUT2D eigenvalue weighted by Gasteiger charge is -2.55. The third-order valence-electron chi connectivity index (χ3n) is 9.78. The molecule has 188 valence electrons. The maximum Gasteiger partial charge on any atom is 0.205 e. The number of nitrogens with zero attached hydrogens (tertiary/aromatic N) is 1. The number of hydrogen-bond acceptors (Lipinski definition) is 4. The second kappa shape index (κ2) is 8.05. The molecular formula is C29H41NO3Si2. The number of likely N-dealkylation sites (N-methyl/N-ethyl adjacent to an activating group) is 1. The molecule has 0 amide bonds. The van der Waals surface area contributed by atoms with Gasteiger partial charge in [0.15, 0.2) is 5.76 Å². The maximum atomic E-state index is 14.2. The molecule has 1 heterocycles. The van der Waals surface area contributed by atoms with Crippen LogP contribution in [0.15, 0.2) is 65.8 Å². The van der Waals surface area contributed by atoms with Crippen molar-refractivity contribution in [1.29, 1.82) is 0 Å². The Morgan fingerprint density at radius 2 is 1.71 bits per heavy atom. The fraction of sp³-hybridized carbons (Fsp3) is 0.552. The lowest BCUT2D eigenvalue weighted by atomic mass is 9.53. The van der Waals surface area contributed by atoms with Gasteiger partial charge in [0.2, 0.25) is 11.5 Å². The number of benzene rings is 1. The molecule has 6 atom stereocenters. The van der Waals surface area contributed by atoms with Gasteiger partial charge in [0.05, 0.1) is 14.2 Å². The standard InChI is InChI=1S/C29H41NO3Si2/c1-30-18-16-28-22-15-14-21(26(22)34(4,5)6)23(28)24(31)25(32-2)27(33-3)29(28,30)17-19-35(7,8)20-12-10-9-11-13-20/h9-15,17,19,21-23,26H,16,18H2,1-8H3/b19-17+/t21-,22-,23-,26-,28-,29-/m1/s1. The first-order chi connectivity index (χ1) is 16.5. The van der Waals surface area contributed by atoms with E-state index in [0.717, 1.165) is 13.0 Å². The highest BCUT2D eigenvalue weighted by molar-refractivity contribution is 6.94. The molecule has 0 radical (unpaired) electrons. The number of ether oxygens (including phenoxy) is 2. The van der Waals surface area contributed by atoms with Crippen LogP contribution in [-0.2, 0) is 14.3 Å². The predicted octanol–water partition coefficient (Wildman–Crippen LogP) is 4.99. The van der Waals surface area contributed by atoms with Crippen molar-refractivity contribution in [3.63, 3.8) is 0 Å². The second-order valence-corrected chi connectivity index (χ2v) is 22.4. The Labute approximate surface area is 213 Å². The zero-order valence-electron chi connectivity index (χ0n) is 22.6. The molecule has 35 heavy (non-hydrogen) atoms. The van der Waals surface area contributed by atoms with Gasteiger partial charge >= 0.3 is 0 Å². The van der Waals surface area contributed by atoms with E-state index in [0.29, 0.717) is 28.9 Å². The summed E-state index contributed by atoms with van der Waals surface area (Å²) in [5.41, 5.74) is 2.36. The third-order valence-corrected chi connectivity index (χ3v) is 15.3. The van der Waals surface area contributed by atoms with Crippen LogP contribution in [0.2, 0.25) is 38.3 Å². The van der Waals surface area contributed by atoms with Crippen LogP contribution in [0.1, 0.15) is 6.42 Å². The van der Waals surface area contributed by atoms with Gasteiger partial charge in [-0.3, -0.25) is 9.69 Å². The summed E-state index contributed by atoms with van der Waals surface area (Å²) in [4.78, 5) is 16.6. The van der Waals surface area contributed by atoms with Crippen LogP contribution < -0.4 is 5.19 Å². The summed E-state index contributed by atoms with van der Waals surface area (Å²) in [5.74, 6) is 1.92. The summed E-state index contributed by atoms with van der Waals surface area (Å²) in [6, 6.07) is 10.9. The highest BCUT2D eigenvalue weighted by Gasteiger charge is 2.78. The lowest BCUT2D eigenvalue weighted by Crippen LogP contribution is -2.63. The molecule has 4 nitrogen and oxygen atoms in total. The maximum absolute atomic E-state index is 14.2. The third kappa shape index (κ3) is 3.09. The molecule has 2 fully saturated rings. The van der Waals surface area contributed by atoms with E-state index >= 15 is 0 Å². The van der Waals surface area contributed by atoms with E-state index in [9.17, 15) is 4.79 Å². The highest BCUT2D eigenvalue weighted by atomic mass is 28.3. The molecule has 1 aromatic carbocycles. The summed E-state index contributed by atoms with van der Waals surface area (Å²) in [6.07, 6.45) is 8.31. The van der Waals surface area contributed by atoms with Crippen LogP contribution in [0.3, 0.4) is 0 Å². The molecule has 0 aromatic heterocycles. The smallest absolute Gasteiger partial charge is 0.205 e. The number of ketones is 1. The van der Waals surface area contributed by atoms with E-state index in [2.05, 4.69) is 98.9 Å². The van der Waals surface area contributed by atoms with Gasteiger partial charge in [0, 0.05) is 19.4 Å². The fourth-order valence-electron chi connectivity index (χ4n) is 8.40. The van der Waals surface area contributed by atoms with Crippen LogP contribution in [0.4, 0.5) is 0 Å². The molecule has 1 aromatic rings. The summed E-state index contributed by atoms with van der Waals surface area (Å²) in [5, 5.41) is 1.41. The molecule has 5 rings (SSSR count). The van der Waals surface area contributed by atoms with Gasteiger partial charge in [-0.25, -0.2) is 0 Å². The molecule has 0 N–H and O–H groups in total. The van der Waals surface area contributed by atoms with Crippen molar-refractivity contribution in [1.82, 2.24) is 4.90 Å². The number of fused-ring (bicyclic) bond motifs is 3. The first kappa shape index (κ1) is 24.8. The number of methoxy groups -OCH3 is 2. The van der Waals surface area contributed by atoms with Crippen molar-refractivity contribution in [2.75, 3.05) is 27.8 Å². The molecular weight excluding hydrogens is 466 g/mol. The Balaban J connectivity index is 1.77. The average Bonchev–Trinajstić information content (AvgIpc) is 3.47.